The Morgan fingerprint density at radius 2 is 2.00 bits per heavy atom. The number of thiophene rings is 1. The molecule has 0 saturated heterocycles. The number of halogens is 2. The summed E-state index contributed by atoms with van der Waals surface area (Å²) in [6, 6.07) is 6.86. The van der Waals surface area contributed by atoms with Gasteiger partial charge in [0.1, 0.15) is 11.6 Å². The molecular weight excluding hydrogens is 242 g/mol. The summed E-state index contributed by atoms with van der Waals surface area (Å²) in [6.07, 6.45) is 0. The van der Waals surface area contributed by atoms with Gasteiger partial charge in [-0.25, -0.2) is 14.2 Å². The summed E-state index contributed by atoms with van der Waals surface area (Å²) >= 11 is 1.53. The molecular formula is C12H12F2N2S. The average Bonchev–Trinajstić information content (AvgIpc) is 2.69. The lowest BCUT2D eigenvalue weighted by Gasteiger charge is -2.15. The number of benzene rings is 1. The standard InChI is InChI=1S/C12H12F2N2S/c1-7-2-5-11(17-7)12(16-15)9-4-3-8(13)6-10(9)14/h2-6,12,16H,15H2,1H3. The van der Waals surface area contributed by atoms with E-state index < -0.39 is 17.7 Å². The Morgan fingerprint density at radius 3 is 2.53 bits per heavy atom. The van der Waals surface area contributed by atoms with Crippen LogP contribution in [0.1, 0.15) is 21.4 Å². The summed E-state index contributed by atoms with van der Waals surface area (Å²) in [5.41, 5.74) is 2.90. The van der Waals surface area contributed by atoms with Gasteiger partial charge in [0.25, 0.3) is 0 Å². The Balaban J connectivity index is 2.42. The van der Waals surface area contributed by atoms with Crippen molar-refractivity contribution in [1.82, 2.24) is 5.43 Å². The molecule has 1 heterocycles. The van der Waals surface area contributed by atoms with Crippen LogP contribution in [0, 0.1) is 18.6 Å². The molecule has 0 aliphatic rings. The minimum absolute atomic E-state index is 0.343. The second-order valence-corrected chi connectivity index (χ2v) is 5.03. The normalized spacial score (nSPS) is 12.7. The van der Waals surface area contributed by atoms with Gasteiger partial charge >= 0.3 is 0 Å². The van der Waals surface area contributed by atoms with E-state index in [0.29, 0.717) is 5.56 Å². The smallest absolute Gasteiger partial charge is 0.131 e. The lowest BCUT2D eigenvalue weighted by Crippen LogP contribution is -2.28. The van der Waals surface area contributed by atoms with Crippen LogP contribution in [0.5, 0.6) is 0 Å². The van der Waals surface area contributed by atoms with Crippen molar-refractivity contribution < 1.29 is 8.78 Å². The highest BCUT2D eigenvalue weighted by atomic mass is 32.1. The number of hydrazine groups is 1. The molecule has 0 fully saturated rings. The molecule has 0 bridgehead atoms. The monoisotopic (exact) mass is 254 g/mol. The van der Waals surface area contributed by atoms with Crippen LogP contribution in [0.2, 0.25) is 0 Å². The number of rotatable bonds is 3. The number of hydrogen-bond donors (Lipinski definition) is 2. The van der Waals surface area contributed by atoms with Crippen LogP contribution < -0.4 is 11.3 Å². The van der Waals surface area contributed by atoms with Crippen LogP contribution in [-0.2, 0) is 0 Å². The predicted octanol–water partition coefficient (Wildman–Crippen LogP) is 2.89. The number of nitrogens with one attached hydrogen (secondary N) is 1. The van der Waals surface area contributed by atoms with Gasteiger partial charge in [0, 0.05) is 21.4 Å². The molecule has 1 unspecified atom stereocenters. The van der Waals surface area contributed by atoms with Crippen molar-refractivity contribution >= 4 is 11.3 Å². The van der Waals surface area contributed by atoms with Crippen molar-refractivity contribution in [3.63, 3.8) is 0 Å². The number of nitrogens with two attached hydrogens (primary N) is 1. The average molecular weight is 254 g/mol. The van der Waals surface area contributed by atoms with Gasteiger partial charge in [-0.1, -0.05) is 6.07 Å². The van der Waals surface area contributed by atoms with Crippen molar-refractivity contribution in [2.45, 2.75) is 13.0 Å². The molecule has 0 aliphatic carbocycles. The molecule has 2 aromatic rings. The molecule has 0 amide bonds. The van der Waals surface area contributed by atoms with E-state index in [9.17, 15) is 8.78 Å². The third-order valence-corrected chi connectivity index (χ3v) is 3.55. The molecule has 1 atom stereocenters. The largest absolute Gasteiger partial charge is 0.271 e. The molecule has 1 aromatic heterocycles. The molecule has 1 aromatic carbocycles. The first kappa shape index (κ1) is 12.2. The Bertz CT molecular complexity index is 525. The maximum atomic E-state index is 13.6. The summed E-state index contributed by atoms with van der Waals surface area (Å²) in [6.45, 7) is 1.96. The van der Waals surface area contributed by atoms with E-state index in [1.807, 2.05) is 19.1 Å². The first-order chi connectivity index (χ1) is 8.11. The predicted molar refractivity (Wildman–Crippen MR) is 64.6 cm³/mol. The van der Waals surface area contributed by atoms with Crippen LogP contribution in [-0.4, -0.2) is 0 Å². The molecule has 0 spiro atoms. The summed E-state index contributed by atoms with van der Waals surface area (Å²) in [4.78, 5) is 2.01. The minimum Gasteiger partial charge on any atom is -0.271 e. The topological polar surface area (TPSA) is 38.0 Å². The summed E-state index contributed by atoms with van der Waals surface area (Å²) in [7, 11) is 0. The Hall–Kier alpha value is -1.30. The maximum Gasteiger partial charge on any atom is 0.131 e. The first-order valence-corrected chi connectivity index (χ1v) is 5.91. The Labute approximate surface area is 102 Å². The molecule has 2 rings (SSSR count). The van der Waals surface area contributed by atoms with Crippen LogP contribution in [0.3, 0.4) is 0 Å². The first-order valence-electron chi connectivity index (χ1n) is 5.09. The highest BCUT2D eigenvalue weighted by Crippen LogP contribution is 2.29. The fourth-order valence-electron chi connectivity index (χ4n) is 1.67. The fraction of sp³-hybridized carbons (Fsp3) is 0.167. The van der Waals surface area contributed by atoms with E-state index in [2.05, 4.69) is 5.43 Å². The van der Waals surface area contributed by atoms with Gasteiger partial charge in [-0.05, 0) is 25.1 Å². The molecule has 2 nitrogen and oxygen atoms in total. The molecule has 0 saturated carbocycles. The highest BCUT2D eigenvalue weighted by molar-refractivity contribution is 7.12. The van der Waals surface area contributed by atoms with E-state index in [0.717, 1.165) is 15.8 Å². The van der Waals surface area contributed by atoms with Crippen LogP contribution in [0.15, 0.2) is 30.3 Å². The van der Waals surface area contributed by atoms with E-state index in [-0.39, 0.29) is 0 Å². The fourth-order valence-corrected chi connectivity index (χ4v) is 2.63. The van der Waals surface area contributed by atoms with Gasteiger partial charge < -0.3 is 0 Å². The van der Waals surface area contributed by atoms with Crippen molar-refractivity contribution in [2.75, 3.05) is 0 Å². The summed E-state index contributed by atoms with van der Waals surface area (Å²) < 4.78 is 26.5. The molecule has 17 heavy (non-hydrogen) atoms. The van der Waals surface area contributed by atoms with E-state index in [4.69, 9.17) is 5.84 Å². The van der Waals surface area contributed by atoms with E-state index >= 15 is 0 Å². The quantitative estimate of drug-likeness (QED) is 0.653. The van der Waals surface area contributed by atoms with Gasteiger partial charge in [0.05, 0.1) is 6.04 Å². The van der Waals surface area contributed by atoms with Crippen molar-refractivity contribution in [2.24, 2.45) is 5.84 Å². The van der Waals surface area contributed by atoms with Gasteiger partial charge in [-0.2, -0.15) is 0 Å². The molecule has 0 aliphatic heterocycles. The Kier molecular flexibility index (Phi) is 3.51. The van der Waals surface area contributed by atoms with Gasteiger partial charge in [-0.15, -0.1) is 11.3 Å². The number of aryl methyl sites for hydroxylation is 1. The third kappa shape index (κ3) is 2.52. The van der Waals surface area contributed by atoms with Crippen molar-refractivity contribution in [3.05, 3.63) is 57.3 Å². The van der Waals surface area contributed by atoms with Crippen LogP contribution in [0.4, 0.5) is 8.78 Å². The van der Waals surface area contributed by atoms with E-state index in [1.165, 1.54) is 23.5 Å². The zero-order valence-corrected chi connectivity index (χ0v) is 10.0. The molecule has 90 valence electrons. The van der Waals surface area contributed by atoms with Crippen LogP contribution >= 0.6 is 11.3 Å². The third-order valence-electron chi connectivity index (χ3n) is 2.49. The molecule has 5 heteroatoms. The van der Waals surface area contributed by atoms with E-state index in [1.54, 1.807) is 0 Å². The van der Waals surface area contributed by atoms with Crippen LogP contribution in [0.25, 0.3) is 0 Å². The lowest BCUT2D eigenvalue weighted by atomic mass is 10.1. The maximum absolute atomic E-state index is 13.6. The van der Waals surface area contributed by atoms with Gasteiger partial charge in [0.2, 0.25) is 0 Å². The SMILES string of the molecule is Cc1ccc(C(NN)c2ccc(F)cc2F)s1. The zero-order valence-electron chi connectivity index (χ0n) is 9.21. The Morgan fingerprint density at radius 1 is 1.24 bits per heavy atom. The highest BCUT2D eigenvalue weighted by Gasteiger charge is 2.18. The molecule has 3 N–H and O–H groups in total. The second kappa shape index (κ2) is 4.91. The summed E-state index contributed by atoms with van der Waals surface area (Å²) in [5.74, 6) is 4.26. The van der Waals surface area contributed by atoms with Crippen molar-refractivity contribution in [3.8, 4) is 0 Å². The van der Waals surface area contributed by atoms with Gasteiger partial charge in [0.15, 0.2) is 0 Å². The number of hydrogen-bond acceptors (Lipinski definition) is 3. The second-order valence-electron chi connectivity index (χ2n) is 3.71. The molecule has 0 radical (unpaired) electrons. The summed E-state index contributed by atoms with van der Waals surface area (Å²) in [5, 5.41) is 0. The lowest BCUT2D eigenvalue weighted by molar-refractivity contribution is 0.544. The van der Waals surface area contributed by atoms with Gasteiger partial charge in [-0.3, -0.25) is 5.84 Å². The zero-order chi connectivity index (χ0) is 12.4. The minimum atomic E-state index is -0.598. The van der Waals surface area contributed by atoms with Crippen molar-refractivity contribution in [1.29, 1.82) is 0 Å².